The van der Waals surface area contributed by atoms with Crippen molar-refractivity contribution in [1.82, 2.24) is 9.88 Å². The number of nitrogens with two attached hydrogens (primary N) is 1. The summed E-state index contributed by atoms with van der Waals surface area (Å²) >= 11 is 0. The van der Waals surface area contributed by atoms with E-state index in [1.165, 1.54) is 4.90 Å². The van der Waals surface area contributed by atoms with Crippen molar-refractivity contribution in [3.63, 3.8) is 0 Å². The number of hydrogen-bond donors (Lipinski definition) is 2. The van der Waals surface area contributed by atoms with Crippen molar-refractivity contribution in [1.29, 1.82) is 0 Å². The van der Waals surface area contributed by atoms with Crippen LogP contribution in [-0.4, -0.2) is 83.9 Å². The number of primary amides is 1. The maximum absolute atomic E-state index is 14.5. The smallest absolute Gasteiger partial charge is 0.235 e. The number of ketones is 4. The first kappa shape index (κ1) is 30.8. The Labute approximate surface area is 260 Å². The Morgan fingerprint density at radius 2 is 1.69 bits per heavy atom. The maximum atomic E-state index is 14.5. The number of carbonyl (C=O) groups is 5. The van der Waals surface area contributed by atoms with Crippen LogP contribution in [0.5, 0.6) is 0 Å². The third-order valence-electron chi connectivity index (χ3n) is 9.90. The molecule has 2 aromatic carbocycles. The van der Waals surface area contributed by atoms with Gasteiger partial charge in [-0.3, -0.25) is 28.9 Å². The molecule has 2 unspecified atom stereocenters. The third-order valence-corrected chi connectivity index (χ3v) is 9.90. The highest BCUT2D eigenvalue weighted by atomic mass is 16.3. The molecule has 0 aliphatic heterocycles. The van der Waals surface area contributed by atoms with Gasteiger partial charge >= 0.3 is 0 Å². The summed E-state index contributed by atoms with van der Waals surface area (Å²) in [4.78, 5) is 76.0. The molecule has 6 rings (SSSR count). The highest BCUT2D eigenvalue weighted by Gasteiger charge is 2.69. The zero-order valence-corrected chi connectivity index (χ0v) is 26.5. The van der Waals surface area contributed by atoms with Crippen LogP contribution in [-0.2, 0) is 31.0 Å². The highest BCUT2D eigenvalue weighted by Crippen LogP contribution is 2.52. The minimum Gasteiger partial charge on any atom is -0.435 e. The molecule has 3 aromatic rings. The minimum absolute atomic E-state index is 0.0383. The number of aromatic nitrogens is 1. The van der Waals surface area contributed by atoms with E-state index in [9.17, 15) is 29.1 Å². The number of amides is 1. The molecule has 45 heavy (non-hydrogen) atoms. The largest absolute Gasteiger partial charge is 0.435 e. The summed E-state index contributed by atoms with van der Waals surface area (Å²) in [6, 6.07) is 8.57. The Bertz CT molecular complexity index is 1800. The SMILES string of the molecule is CN(C)c1cc2nc(-c3ccc(C(C)(C)C)cc3)oc2c2c1C[C@H]1C[C@H]3[C@H](N(C)C)C(=O)C(C(N)=O)C(=O)[C@@]3(O)C(=O)C1C2=O. The number of oxazole rings is 1. The molecule has 6 atom stereocenters. The average molecular weight is 615 g/mol. The van der Waals surface area contributed by atoms with Gasteiger partial charge in [0, 0.05) is 31.3 Å². The molecule has 2 fully saturated rings. The number of fused-ring (bicyclic) bond motifs is 5. The zero-order chi connectivity index (χ0) is 32.9. The van der Waals surface area contributed by atoms with Gasteiger partial charge in [0.1, 0.15) is 5.52 Å². The number of benzene rings is 2. The second-order valence-corrected chi connectivity index (χ2v) is 14.1. The van der Waals surface area contributed by atoms with Crippen molar-refractivity contribution in [2.75, 3.05) is 33.1 Å². The first-order valence-electron chi connectivity index (χ1n) is 15.1. The molecule has 236 valence electrons. The fraction of sp³-hybridized carbons (Fsp3) is 0.471. The number of carbonyl (C=O) groups excluding carboxylic acids is 5. The Morgan fingerprint density at radius 3 is 2.24 bits per heavy atom. The Balaban J connectivity index is 1.50. The Hall–Kier alpha value is -4.22. The van der Waals surface area contributed by atoms with Crippen LogP contribution in [0.3, 0.4) is 0 Å². The lowest BCUT2D eigenvalue weighted by molar-refractivity contribution is -0.181. The van der Waals surface area contributed by atoms with Gasteiger partial charge in [-0.05, 0) is 67.6 Å². The zero-order valence-electron chi connectivity index (χ0n) is 26.5. The third kappa shape index (κ3) is 4.39. The van der Waals surface area contributed by atoms with E-state index >= 15 is 0 Å². The van der Waals surface area contributed by atoms with E-state index in [0.717, 1.165) is 16.8 Å². The van der Waals surface area contributed by atoms with Crippen LogP contribution in [0.4, 0.5) is 5.69 Å². The summed E-state index contributed by atoms with van der Waals surface area (Å²) < 4.78 is 6.26. The van der Waals surface area contributed by atoms with Crippen LogP contribution in [0, 0.1) is 23.7 Å². The van der Waals surface area contributed by atoms with Crippen LogP contribution in [0.2, 0.25) is 0 Å². The first-order chi connectivity index (χ1) is 21.0. The molecule has 3 aliphatic rings. The van der Waals surface area contributed by atoms with Gasteiger partial charge in [-0.1, -0.05) is 32.9 Å². The van der Waals surface area contributed by atoms with Gasteiger partial charge in [0.15, 0.2) is 40.2 Å². The molecule has 2 saturated carbocycles. The number of Topliss-reactive ketones (excluding diaryl/α,β-unsaturated/α-hetero) is 4. The highest BCUT2D eigenvalue weighted by molar-refractivity contribution is 6.32. The van der Waals surface area contributed by atoms with Gasteiger partial charge in [-0.25, -0.2) is 4.98 Å². The van der Waals surface area contributed by atoms with Gasteiger partial charge in [0.2, 0.25) is 11.8 Å². The molecule has 3 aliphatic carbocycles. The summed E-state index contributed by atoms with van der Waals surface area (Å²) in [6.45, 7) is 6.36. The normalized spacial score (nSPS) is 28.2. The second kappa shape index (κ2) is 10.1. The molecular formula is C34H38N4O7. The van der Waals surface area contributed by atoms with Crippen LogP contribution in [0.25, 0.3) is 22.6 Å². The molecule has 0 radical (unpaired) electrons. The predicted octanol–water partition coefficient (Wildman–Crippen LogP) is 2.33. The molecule has 0 bridgehead atoms. The van der Waals surface area contributed by atoms with Crippen molar-refractivity contribution in [2.24, 2.45) is 29.4 Å². The number of likely N-dealkylation sites (N-methyl/N-ethyl adjacent to an activating group) is 1. The number of nitrogens with zero attached hydrogens (tertiary/aromatic N) is 3. The lowest BCUT2D eigenvalue weighted by Crippen LogP contribution is -2.74. The van der Waals surface area contributed by atoms with E-state index in [-0.39, 0.29) is 29.4 Å². The maximum Gasteiger partial charge on any atom is 0.235 e. The number of hydrogen-bond acceptors (Lipinski definition) is 10. The number of anilines is 1. The van der Waals surface area contributed by atoms with Crippen LogP contribution >= 0.6 is 0 Å². The van der Waals surface area contributed by atoms with E-state index in [1.807, 2.05) is 49.3 Å². The van der Waals surface area contributed by atoms with Gasteiger partial charge < -0.3 is 20.2 Å². The lowest BCUT2D eigenvalue weighted by Gasteiger charge is -2.52. The van der Waals surface area contributed by atoms with E-state index in [2.05, 4.69) is 20.8 Å². The van der Waals surface area contributed by atoms with Gasteiger partial charge in [-0.2, -0.15) is 0 Å². The average Bonchev–Trinajstić information content (AvgIpc) is 3.37. The number of aliphatic hydroxyl groups is 1. The molecular weight excluding hydrogens is 576 g/mol. The van der Waals surface area contributed by atoms with Crippen LogP contribution in [0.15, 0.2) is 34.7 Å². The van der Waals surface area contributed by atoms with E-state index in [1.54, 1.807) is 14.1 Å². The van der Waals surface area contributed by atoms with Crippen molar-refractivity contribution in [2.45, 2.75) is 50.7 Å². The summed E-state index contributed by atoms with van der Waals surface area (Å²) in [5.74, 6) is -9.63. The van der Waals surface area contributed by atoms with Crippen molar-refractivity contribution in [3.05, 3.63) is 47.0 Å². The standard InChI is InChI=1S/C34H38N4O7/c1-33(2,3)17-10-8-15(9-11-17)32-36-20-14-21(37(4)5)18-12-16-13-19-25(38(6)7)27(40)24(31(35)43)30(42)34(19,44)29(41)22(16)26(39)23(18)28(20)45-32/h8-11,14,16,19,22,24-25,44H,12-13H2,1-7H3,(H2,35,43)/t16-,19-,22?,24?,25-,34-/m0/s1. The fourth-order valence-electron chi connectivity index (χ4n) is 7.68. The van der Waals surface area contributed by atoms with Gasteiger partial charge in [-0.15, -0.1) is 0 Å². The molecule has 1 aromatic heterocycles. The Morgan fingerprint density at radius 1 is 1.04 bits per heavy atom. The minimum atomic E-state index is -2.73. The van der Waals surface area contributed by atoms with Crippen molar-refractivity contribution in [3.8, 4) is 11.5 Å². The van der Waals surface area contributed by atoms with Crippen LogP contribution in [0.1, 0.15) is 48.7 Å². The van der Waals surface area contributed by atoms with Gasteiger partial charge in [0.25, 0.3) is 0 Å². The molecule has 11 heteroatoms. The second-order valence-electron chi connectivity index (χ2n) is 14.1. The molecule has 0 saturated heterocycles. The quantitative estimate of drug-likeness (QED) is 0.417. The molecule has 11 nitrogen and oxygen atoms in total. The summed E-state index contributed by atoms with van der Waals surface area (Å²) in [5, 5.41) is 11.9. The molecule has 3 N–H and O–H groups in total. The summed E-state index contributed by atoms with van der Waals surface area (Å²) in [7, 11) is 6.85. The van der Waals surface area contributed by atoms with Gasteiger partial charge in [0.05, 0.1) is 17.5 Å². The Kier molecular flexibility index (Phi) is 6.94. The first-order valence-corrected chi connectivity index (χ1v) is 15.1. The monoisotopic (exact) mass is 614 g/mol. The lowest BCUT2D eigenvalue weighted by atomic mass is 9.52. The van der Waals surface area contributed by atoms with E-state index < -0.39 is 64.4 Å². The summed E-state index contributed by atoms with van der Waals surface area (Å²) in [6.07, 6.45) is 0.308. The molecule has 1 heterocycles. The van der Waals surface area contributed by atoms with Crippen molar-refractivity contribution >= 4 is 45.8 Å². The van der Waals surface area contributed by atoms with E-state index in [4.69, 9.17) is 15.1 Å². The number of rotatable bonds is 4. The van der Waals surface area contributed by atoms with Crippen LogP contribution < -0.4 is 10.6 Å². The predicted molar refractivity (Wildman–Crippen MR) is 166 cm³/mol. The topological polar surface area (TPSA) is 164 Å². The van der Waals surface area contributed by atoms with E-state index in [0.29, 0.717) is 17.0 Å². The fourth-order valence-corrected chi connectivity index (χ4v) is 7.68. The molecule has 0 spiro atoms. The summed E-state index contributed by atoms with van der Waals surface area (Å²) in [5.41, 5.74) is 6.76. The molecule has 1 amide bonds. The van der Waals surface area contributed by atoms with Crippen molar-refractivity contribution < 1.29 is 33.5 Å².